The molecular formula is C15H23FN2O. The van der Waals surface area contributed by atoms with E-state index in [2.05, 4.69) is 11.8 Å². The highest BCUT2D eigenvalue weighted by atomic mass is 19.1. The van der Waals surface area contributed by atoms with E-state index >= 15 is 0 Å². The highest BCUT2D eigenvalue weighted by Crippen LogP contribution is 2.28. The first-order chi connectivity index (χ1) is 9.15. The normalized spacial score (nSPS) is 19.4. The zero-order valence-corrected chi connectivity index (χ0v) is 11.7. The summed E-state index contributed by atoms with van der Waals surface area (Å²) in [6.45, 7) is 4.98. The maximum Gasteiger partial charge on any atom is 0.165 e. The fraction of sp³-hybridized carbons (Fsp3) is 0.600. The number of methoxy groups -OCH3 is 1. The first-order valence-electron chi connectivity index (χ1n) is 6.93. The second-order valence-electron chi connectivity index (χ2n) is 5.29. The van der Waals surface area contributed by atoms with Crippen LogP contribution in [0.5, 0.6) is 5.75 Å². The number of piperidine rings is 1. The lowest BCUT2D eigenvalue weighted by atomic mass is 9.95. The maximum absolute atomic E-state index is 13.7. The molecule has 2 N–H and O–H groups in total. The minimum Gasteiger partial charge on any atom is -0.494 e. The molecule has 0 aromatic heterocycles. The van der Waals surface area contributed by atoms with Crippen LogP contribution in [0.4, 0.5) is 4.39 Å². The quantitative estimate of drug-likeness (QED) is 0.910. The molecule has 106 valence electrons. The molecule has 1 fully saturated rings. The SMILES string of the molecule is COc1ccc(C(C)N2CCC(CN)CC2)cc1F. The molecule has 0 bridgehead atoms. The summed E-state index contributed by atoms with van der Waals surface area (Å²) in [7, 11) is 1.49. The predicted molar refractivity (Wildman–Crippen MR) is 74.7 cm³/mol. The molecule has 1 heterocycles. The number of likely N-dealkylation sites (tertiary alicyclic amines) is 1. The number of nitrogens with two attached hydrogens (primary N) is 1. The van der Waals surface area contributed by atoms with Crippen molar-refractivity contribution in [1.29, 1.82) is 0 Å². The summed E-state index contributed by atoms with van der Waals surface area (Å²) in [5.41, 5.74) is 6.71. The molecule has 1 atom stereocenters. The Bertz CT molecular complexity index is 417. The Hall–Kier alpha value is -1.13. The van der Waals surface area contributed by atoms with Crippen molar-refractivity contribution in [3.05, 3.63) is 29.6 Å². The van der Waals surface area contributed by atoms with Crippen molar-refractivity contribution in [3.8, 4) is 5.75 Å². The third kappa shape index (κ3) is 3.25. The first-order valence-corrected chi connectivity index (χ1v) is 6.93. The molecule has 1 aliphatic rings. The predicted octanol–water partition coefficient (Wildman–Crippen LogP) is 2.57. The number of benzene rings is 1. The molecule has 0 saturated carbocycles. The lowest BCUT2D eigenvalue weighted by molar-refractivity contribution is 0.143. The van der Waals surface area contributed by atoms with E-state index in [0.717, 1.165) is 38.0 Å². The fourth-order valence-electron chi connectivity index (χ4n) is 2.73. The minimum absolute atomic E-state index is 0.235. The zero-order valence-electron chi connectivity index (χ0n) is 11.7. The van der Waals surface area contributed by atoms with Crippen LogP contribution in [0.1, 0.15) is 31.4 Å². The van der Waals surface area contributed by atoms with Crippen molar-refractivity contribution in [2.24, 2.45) is 11.7 Å². The van der Waals surface area contributed by atoms with Gasteiger partial charge >= 0.3 is 0 Å². The first kappa shape index (κ1) is 14.3. The van der Waals surface area contributed by atoms with Gasteiger partial charge in [-0.2, -0.15) is 0 Å². The van der Waals surface area contributed by atoms with E-state index in [4.69, 9.17) is 10.5 Å². The summed E-state index contributed by atoms with van der Waals surface area (Å²) in [5, 5.41) is 0. The van der Waals surface area contributed by atoms with Crippen LogP contribution >= 0.6 is 0 Å². The average Bonchev–Trinajstić information content (AvgIpc) is 2.46. The van der Waals surface area contributed by atoms with Gasteiger partial charge in [-0.15, -0.1) is 0 Å². The fourth-order valence-corrected chi connectivity index (χ4v) is 2.73. The summed E-state index contributed by atoms with van der Waals surface area (Å²) in [4.78, 5) is 2.40. The third-order valence-corrected chi connectivity index (χ3v) is 4.19. The topological polar surface area (TPSA) is 38.5 Å². The van der Waals surface area contributed by atoms with E-state index in [1.54, 1.807) is 12.1 Å². The number of halogens is 1. The van der Waals surface area contributed by atoms with Gasteiger partial charge in [0.15, 0.2) is 11.6 Å². The molecule has 0 spiro atoms. The van der Waals surface area contributed by atoms with Gasteiger partial charge in [0.1, 0.15) is 0 Å². The summed E-state index contributed by atoms with van der Waals surface area (Å²) < 4.78 is 18.7. The molecule has 1 aromatic rings. The molecule has 0 amide bonds. The van der Waals surface area contributed by atoms with Crippen LogP contribution in [0.25, 0.3) is 0 Å². The lowest BCUT2D eigenvalue weighted by Crippen LogP contribution is -2.37. The number of hydrogen-bond acceptors (Lipinski definition) is 3. The van der Waals surface area contributed by atoms with E-state index in [0.29, 0.717) is 11.7 Å². The summed E-state index contributed by atoms with van der Waals surface area (Å²) in [6.07, 6.45) is 2.28. The molecule has 3 nitrogen and oxygen atoms in total. The Morgan fingerprint density at radius 3 is 2.63 bits per heavy atom. The van der Waals surface area contributed by atoms with Crippen molar-refractivity contribution in [2.45, 2.75) is 25.8 Å². The number of hydrogen-bond donors (Lipinski definition) is 1. The average molecular weight is 266 g/mol. The summed E-state index contributed by atoms with van der Waals surface area (Å²) in [6, 6.07) is 5.47. The van der Waals surface area contributed by atoms with E-state index < -0.39 is 0 Å². The van der Waals surface area contributed by atoms with Crippen LogP contribution in [-0.2, 0) is 0 Å². The second kappa shape index (κ2) is 6.35. The van der Waals surface area contributed by atoms with Crippen molar-refractivity contribution < 1.29 is 9.13 Å². The highest BCUT2D eigenvalue weighted by molar-refractivity contribution is 5.30. The molecule has 0 radical (unpaired) electrons. The van der Waals surface area contributed by atoms with Crippen LogP contribution in [0.2, 0.25) is 0 Å². The standard InChI is InChI=1S/C15H23FN2O/c1-11(18-7-5-12(10-17)6-8-18)13-3-4-15(19-2)14(16)9-13/h3-4,9,11-12H,5-8,10,17H2,1-2H3. The van der Waals surface area contributed by atoms with Gasteiger partial charge < -0.3 is 10.5 Å². The van der Waals surface area contributed by atoms with Crippen LogP contribution < -0.4 is 10.5 Å². The van der Waals surface area contributed by atoms with Crippen molar-refractivity contribution >= 4 is 0 Å². The minimum atomic E-state index is -0.288. The Labute approximate surface area is 114 Å². The summed E-state index contributed by atoms with van der Waals surface area (Å²) in [5.74, 6) is 0.664. The molecule has 1 unspecified atom stereocenters. The Morgan fingerprint density at radius 2 is 2.11 bits per heavy atom. The van der Waals surface area contributed by atoms with Gasteiger partial charge in [-0.25, -0.2) is 4.39 Å². The van der Waals surface area contributed by atoms with Gasteiger partial charge in [0, 0.05) is 6.04 Å². The Morgan fingerprint density at radius 1 is 1.42 bits per heavy atom. The van der Waals surface area contributed by atoms with Gasteiger partial charge in [-0.1, -0.05) is 6.07 Å². The van der Waals surface area contributed by atoms with Crippen LogP contribution in [-0.4, -0.2) is 31.6 Å². The molecule has 2 rings (SSSR count). The molecule has 1 aromatic carbocycles. The second-order valence-corrected chi connectivity index (χ2v) is 5.29. The number of rotatable bonds is 4. The van der Waals surface area contributed by atoms with Crippen LogP contribution in [0, 0.1) is 11.7 Å². The lowest BCUT2D eigenvalue weighted by Gasteiger charge is -2.36. The monoisotopic (exact) mass is 266 g/mol. The van der Waals surface area contributed by atoms with Crippen LogP contribution in [0.3, 0.4) is 0 Å². The molecule has 19 heavy (non-hydrogen) atoms. The molecule has 4 heteroatoms. The number of nitrogens with zero attached hydrogens (tertiary/aromatic N) is 1. The summed E-state index contributed by atoms with van der Waals surface area (Å²) >= 11 is 0. The Kier molecular flexibility index (Phi) is 4.77. The zero-order chi connectivity index (χ0) is 13.8. The highest BCUT2D eigenvalue weighted by Gasteiger charge is 2.23. The Balaban J connectivity index is 2.03. The molecule has 1 aliphatic heterocycles. The van der Waals surface area contributed by atoms with Crippen molar-refractivity contribution in [1.82, 2.24) is 4.90 Å². The van der Waals surface area contributed by atoms with Gasteiger partial charge in [-0.3, -0.25) is 4.90 Å². The molecule has 0 aliphatic carbocycles. The third-order valence-electron chi connectivity index (χ3n) is 4.19. The van der Waals surface area contributed by atoms with E-state index in [1.165, 1.54) is 7.11 Å². The van der Waals surface area contributed by atoms with Crippen molar-refractivity contribution in [2.75, 3.05) is 26.7 Å². The van der Waals surface area contributed by atoms with E-state index in [1.807, 2.05) is 6.07 Å². The van der Waals surface area contributed by atoms with Gasteiger partial charge in [0.05, 0.1) is 7.11 Å². The molecular weight excluding hydrogens is 243 g/mol. The van der Waals surface area contributed by atoms with Gasteiger partial charge in [-0.05, 0) is 63.0 Å². The maximum atomic E-state index is 13.7. The van der Waals surface area contributed by atoms with Gasteiger partial charge in [0.25, 0.3) is 0 Å². The van der Waals surface area contributed by atoms with Crippen molar-refractivity contribution in [3.63, 3.8) is 0 Å². The molecule has 1 saturated heterocycles. The van der Waals surface area contributed by atoms with Gasteiger partial charge in [0.2, 0.25) is 0 Å². The number of ether oxygens (including phenoxy) is 1. The van der Waals surface area contributed by atoms with E-state index in [-0.39, 0.29) is 11.9 Å². The smallest absolute Gasteiger partial charge is 0.165 e. The largest absolute Gasteiger partial charge is 0.494 e. The van der Waals surface area contributed by atoms with Crippen LogP contribution in [0.15, 0.2) is 18.2 Å². The van der Waals surface area contributed by atoms with E-state index in [9.17, 15) is 4.39 Å².